The Balaban J connectivity index is 0.000000298. The number of pyridine rings is 1. The second-order valence-electron chi connectivity index (χ2n) is 7.19. The number of rotatable bonds is 3. The normalized spacial score (nSPS) is 22.0. The maximum Gasteiger partial charge on any atom is 0.490 e. The zero-order chi connectivity index (χ0) is 21.1. The van der Waals surface area contributed by atoms with Crippen LogP contribution >= 0.6 is 0 Å². The minimum atomic E-state index is -5.08. The van der Waals surface area contributed by atoms with Gasteiger partial charge in [-0.1, -0.05) is 6.07 Å². The molecule has 4 rings (SSSR count). The molecule has 2 aliphatic rings. The fraction of sp³-hybridized carbons (Fsp3) is 0.421. The quantitative estimate of drug-likeness (QED) is 0.836. The number of halogens is 3. The standard InChI is InChI=1S/C17H19N3O2.C2HF3O2/c21-16-10-17(13-20(16)15-5-1-2-7-18-15)6-8-19(12-17)11-14-4-3-9-22-14;3-2(4,5)1(6)7/h1-5,7,9H,6,8,10-13H2;(H,6,7). The lowest BCUT2D eigenvalue weighted by Gasteiger charge is -2.23. The van der Waals surface area contributed by atoms with Gasteiger partial charge >= 0.3 is 12.1 Å². The average molecular weight is 411 g/mol. The van der Waals surface area contributed by atoms with Crippen molar-refractivity contribution < 1.29 is 32.3 Å². The molecular weight excluding hydrogens is 391 g/mol. The molecule has 1 amide bonds. The Bertz CT molecular complexity index is 842. The highest BCUT2D eigenvalue weighted by atomic mass is 19.4. The topological polar surface area (TPSA) is 86.9 Å². The number of amides is 1. The Hall–Kier alpha value is -2.88. The molecule has 2 aliphatic heterocycles. The summed E-state index contributed by atoms with van der Waals surface area (Å²) in [6.45, 7) is 3.57. The van der Waals surface area contributed by atoms with Crippen LogP contribution in [0.1, 0.15) is 18.6 Å². The van der Waals surface area contributed by atoms with E-state index in [4.69, 9.17) is 14.3 Å². The second kappa shape index (κ2) is 8.24. The maximum absolute atomic E-state index is 12.4. The summed E-state index contributed by atoms with van der Waals surface area (Å²) in [6, 6.07) is 9.64. The van der Waals surface area contributed by atoms with Crippen molar-refractivity contribution >= 4 is 17.7 Å². The summed E-state index contributed by atoms with van der Waals surface area (Å²) in [4.78, 5) is 29.9. The van der Waals surface area contributed by atoms with Gasteiger partial charge in [-0.15, -0.1) is 0 Å². The average Bonchev–Trinajstić information content (AvgIpc) is 3.38. The third-order valence-electron chi connectivity index (χ3n) is 4.97. The number of nitrogens with zero attached hydrogens (tertiary/aromatic N) is 3. The summed E-state index contributed by atoms with van der Waals surface area (Å²) in [5.74, 6) is -0.803. The van der Waals surface area contributed by atoms with Crippen LogP contribution in [0, 0.1) is 5.41 Å². The number of hydrogen-bond acceptors (Lipinski definition) is 5. The van der Waals surface area contributed by atoms with Crippen molar-refractivity contribution in [2.75, 3.05) is 24.5 Å². The molecule has 1 N–H and O–H groups in total. The number of aromatic nitrogens is 1. The van der Waals surface area contributed by atoms with E-state index < -0.39 is 12.1 Å². The van der Waals surface area contributed by atoms with Crippen molar-refractivity contribution in [1.29, 1.82) is 0 Å². The number of carboxylic acids is 1. The lowest BCUT2D eigenvalue weighted by Crippen LogP contribution is -2.31. The molecule has 0 saturated carbocycles. The molecule has 7 nitrogen and oxygen atoms in total. The fourth-order valence-corrected chi connectivity index (χ4v) is 3.68. The first-order valence-corrected chi connectivity index (χ1v) is 8.95. The van der Waals surface area contributed by atoms with E-state index in [9.17, 15) is 18.0 Å². The zero-order valence-corrected chi connectivity index (χ0v) is 15.4. The summed E-state index contributed by atoms with van der Waals surface area (Å²) < 4.78 is 37.2. The number of carbonyl (C=O) groups is 2. The van der Waals surface area contributed by atoms with Gasteiger partial charge in [-0.3, -0.25) is 14.6 Å². The van der Waals surface area contributed by atoms with E-state index in [-0.39, 0.29) is 11.3 Å². The molecule has 156 valence electrons. The van der Waals surface area contributed by atoms with Gasteiger partial charge in [0.25, 0.3) is 0 Å². The minimum absolute atomic E-state index is 0.0706. The molecule has 10 heteroatoms. The first kappa shape index (κ1) is 20.8. The minimum Gasteiger partial charge on any atom is -0.475 e. The van der Waals surface area contributed by atoms with Crippen LogP contribution in [0.2, 0.25) is 0 Å². The highest BCUT2D eigenvalue weighted by molar-refractivity contribution is 5.95. The largest absolute Gasteiger partial charge is 0.490 e. The Kier molecular flexibility index (Phi) is 5.92. The number of alkyl halides is 3. The monoisotopic (exact) mass is 411 g/mol. The molecule has 2 fully saturated rings. The van der Waals surface area contributed by atoms with E-state index in [0.717, 1.165) is 44.2 Å². The van der Waals surface area contributed by atoms with Crippen molar-refractivity contribution in [3.05, 3.63) is 48.6 Å². The second-order valence-corrected chi connectivity index (χ2v) is 7.19. The summed E-state index contributed by atoms with van der Waals surface area (Å²) >= 11 is 0. The Morgan fingerprint density at radius 2 is 2.00 bits per heavy atom. The number of anilines is 1. The summed E-state index contributed by atoms with van der Waals surface area (Å²) in [7, 11) is 0. The van der Waals surface area contributed by atoms with E-state index in [1.54, 1.807) is 12.5 Å². The van der Waals surface area contributed by atoms with Crippen LogP contribution in [-0.2, 0) is 16.1 Å². The Labute approximate surface area is 164 Å². The number of aliphatic carboxylic acids is 1. The highest BCUT2D eigenvalue weighted by Crippen LogP contribution is 2.41. The first-order chi connectivity index (χ1) is 13.7. The van der Waals surface area contributed by atoms with Gasteiger partial charge in [-0.2, -0.15) is 13.2 Å². The van der Waals surface area contributed by atoms with Crippen LogP contribution in [0.5, 0.6) is 0 Å². The van der Waals surface area contributed by atoms with Gasteiger partial charge in [-0.25, -0.2) is 9.78 Å². The van der Waals surface area contributed by atoms with Crippen LogP contribution < -0.4 is 4.90 Å². The number of carboxylic acid groups (broad SMARTS) is 1. The maximum atomic E-state index is 12.4. The molecule has 2 aromatic rings. The molecule has 0 bridgehead atoms. The number of hydrogen-bond donors (Lipinski definition) is 1. The lowest BCUT2D eigenvalue weighted by atomic mass is 9.86. The fourth-order valence-electron chi connectivity index (χ4n) is 3.68. The summed E-state index contributed by atoms with van der Waals surface area (Å²) in [5.41, 5.74) is 0.0706. The SMILES string of the molecule is O=C(O)C(F)(F)F.O=C1CC2(CCN(Cc3ccco3)C2)CN1c1ccccn1. The van der Waals surface area contributed by atoms with Crippen molar-refractivity contribution in [1.82, 2.24) is 9.88 Å². The van der Waals surface area contributed by atoms with Crippen LogP contribution in [0.4, 0.5) is 19.0 Å². The number of furan rings is 1. The van der Waals surface area contributed by atoms with E-state index in [2.05, 4.69) is 9.88 Å². The van der Waals surface area contributed by atoms with E-state index >= 15 is 0 Å². The third-order valence-corrected chi connectivity index (χ3v) is 4.97. The van der Waals surface area contributed by atoms with E-state index in [1.165, 1.54) is 0 Å². The van der Waals surface area contributed by atoms with Crippen LogP contribution in [-0.4, -0.2) is 52.7 Å². The molecule has 0 aliphatic carbocycles. The van der Waals surface area contributed by atoms with Crippen LogP contribution in [0.25, 0.3) is 0 Å². The van der Waals surface area contributed by atoms with Gasteiger partial charge in [0.2, 0.25) is 5.91 Å². The van der Waals surface area contributed by atoms with Gasteiger partial charge in [-0.05, 0) is 37.2 Å². The number of likely N-dealkylation sites (tertiary alicyclic amines) is 1. The van der Waals surface area contributed by atoms with Gasteiger partial charge in [0.15, 0.2) is 0 Å². The molecule has 0 aromatic carbocycles. The molecule has 1 atom stereocenters. The van der Waals surface area contributed by atoms with Crippen LogP contribution in [0.3, 0.4) is 0 Å². The van der Waals surface area contributed by atoms with Gasteiger partial charge in [0, 0.05) is 31.1 Å². The predicted molar refractivity (Wildman–Crippen MR) is 95.9 cm³/mol. The molecule has 1 unspecified atom stereocenters. The lowest BCUT2D eigenvalue weighted by molar-refractivity contribution is -0.192. The Morgan fingerprint density at radius 3 is 2.59 bits per heavy atom. The molecule has 2 aromatic heterocycles. The smallest absolute Gasteiger partial charge is 0.475 e. The highest BCUT2D eigenvalue weighted by Gasteiger charge is 2.48. The summed E-state index contributed by atoms with van der Waals surface area (Å²) in [5, 5.41) is 7.12. The van der Waals surface area contributed by atoms with Gasteiger partial charge < -0.3 is 9.52 Å². The van der Waals surface area contributed by atoms with Crippen molar-refractivity contribution in [2.45, 2.75) is 25.6 Å². The van der Waals surface area contributed by atoms with Gasteiger partial charge in [0.1, 0.15) is 11.6 Å². The van der Waals surface area contributed by atoms with E-state index in [0.29, 0.717) is 6.42 Å². The zero-order valence-electron chi connectivity index (χ0n) is 15.4. The molecular formula is C19H20F3N3O4. The third kappa shape index (κ3) is 5.14. The van der Waals surface area contributed by atoms with Crippen molar-refractivity contribution in [3.8, 4) is 0 Å². The van der Waals surface area contributed by atoms with Crippen molar-refractivity contribution in [3.63, 3.8) is 0 Å². The predicted octanol–water partition coefficient (Wildman–Crippen LogP) is 2.94. The van der Waals surface area contributed by atoms with Crippen molar-refractivity contribution in [2.24, 2.45) is 5.41 Å². The first-order valence-electron chi connectivity index (χ1n) is 8.95. The van der Waals surface area contributed by atoms with E-state index in [1.807, 2.05) is 35.2 Å². The van der Waals surface area contributed by atoms with Crippen LogP contribution in [0.15, 0.2) is 47.2 Å². The Morgan fingerprint density at radius 1 is 1.24 bits per heavy atom. The molecule has 0 radical (unpaired) electrons. The molecule has 2 saturated heterocycles. The molecule has 29 heavy (non-hydrogen) atoms. The molecule has 4 heterocycles. The number of carbonyl (C=O) groups excluding carboxylic acids is 1. The molecule has 1 spiro atoms. The van der Waals surface area contributed by atoms with Gasteiger partial charge in [0.05, 0.1) is 12.8 Å². The summed E-state index contributed by atoms with van der Waals surface area (Å²) in [6.07, 6.45) is 0.0511.